The molecule has 1 amide bonds. The first kappa shape index (κ1) is 16.1. The van der Waals surface area contributed by atoms with Crippen molar-refractivity contribution in [3.8, 4) is 0 Å². The van der Waals surface area contributed by atoms with Crippen molar-refractivity contribution >= 4 is 52.0 Å². The third-order valence-corrected chi connectivity index (χ3v) is 4.35. The second kappa shape index (κ2) is 6.04. The minimum atomic E-state index is -0.312. The summed E-state index contributed by atoms with van der Waals surface area (Å²) in [6.45, 7) is 3.64. The zero-order chi connectivity index (χ0) is 16.7. The SMILES string of the molecule is Cc1ccc(NC(=O)c2c(C)nc3c(Cl)cc(Cl)cn23)cc1Cl. The predicted molar refractivity (Wildman–Crippen MR) is 94.1 cm³/mol. The van der Waals surface area contributed by atoms with E-state index in [-0.39, 0.29) is 5.91 Å². The fraction of sp³-hybridized carbons (Fsp3) is 0.125. The number of pyridine rings is 1. The number of amides is 1. The smallest absolute Gasteiger partial charge is 0.274 e. The van der Waals surface area contributed by atoms with Crippen LogP contribution in [0.25, 0.3) is 5.65 Å². The molecule has 0 unspecified atom stereocenters. The Bertz CT molecular complexity index is 934. The molecule has 0 aliphatic carbocycles. The van der Waals surface area contributed by atoms with E-state index in [9.17, 15) is 4.79 Å². The Hall–Kier alpha value is -1.75. The van der Waals surface area contributed by atoms with E-state index in [1.54, 1.807) is 35.7 Å². The molecule has 3 aromatic rings. The van der Waals surface area contributed by atoms with Crippen molar-refractivity contribution in [2.45, 2.75) is 13.8 Å². The predicted octanol–water partition coefficient (Wildman–Crippen LogP) is 5.16. The molecule has 7 heteroatoms. The maximum absolute atomic E-state index is 12.6. The van der Waals surface area contributed by atoms with E-state index in [2.05, 4.69) is 10.3 Å². The highest BCUT2D eigenvalue weighted by Gasteiger charge is 2.19. The van der Waals surface area contributed by atoms with Crippen molar-refractivity contribution in [2.24, 2.45) is 0 Å². The molecule has 2 aromatic heterocycles. The second-order valence-corrected chi connectivity index (χ2v) is 6.41. The fourth-order valence-corrected chi connectivity index (χ4v) is 3.01. The highest BCUT2D eigenvalue weighted by molar-refractivity contribution is 6.36. The van der Waals surface area contributed by atoms with Gasteiger partial charge in [0, 0.05) is 16.9 Å². The molecule has 0 fully saturated rings. The van der Waals surface area contributed by atoms with E-state index in [1.807, 2.05) is 13.0 Å². The summed E-state index contributed by atoms with van der Waals surface area (Å²) in [6, 6.07) is 6.92. The van der Waals surface area contributed by atoms with Crippen LogP contribution in [0.5, 0.6) is 0 Å². The van der Waals surface area contributed by atoms with Gasteiger partial charge in [-0.1, -0.05) is 40.9 Å². The number of halogens is 3. The summed E-state index contributed by atoms with van der Waals surface area (Å²) >= 11 is 18.2. The number of rotatable bonds is 2. The van der Waals surface area contributed by atoms with Crippen molar-refractivity contribution in [2.75, 3.05) is 5.32 Å². The average Bonchev–Trinajstić information content (AvgIpc) is 2.79. The summed E-state index contributed by atoms with van der Waals surface area (Å²) in [7, 11) is 0. The van der Waals surface area contributed by atoms with Gasteiger partial charge in [-0.05, 0) is 37.6 Å². The van der Waals surface area contributed by atoms with Gasteiger partial charge < -0.3 is 5.32 Å². The van der Waals surface area contributed by atoms with Gasteiger partial charge >= 0.3 is 0 Å². The van der Waals surface area contributed by atoms with Crippen molar-refractivity contribution in [1.29, 1.82) is 0 Å². The van der Waals surface area contributed by atoms with Crippen LogP contribution in [-0.2, 0) is 0 Å². The molecule has 0 bridgehead atoms. The molecule has 0 aliphatic rings. The lowest BCUT2D eigenvalue weighted by Gasteiger charge is -2.08. The number of anilines is 1. The van der Waals surface area contributed by atoms with Crippen molar-refractivity contribution in [1.82, 2.24) is 9.38 Å². The van der Waals surface area contributed by atoms with Gasteiger partial charge in [-0.2, -0.15) is 0 Å². The van der Waals surface area contributed by atoms with Crippen LogP contribution in [0.15, 0.2) is 30.5 Å². The molecule has 0 aliphatic heterocycles. The van der Waals surface area contributed by atoms with Gasteiger partial charge in [0.05, 0.1) is 15.7 Å². The zero-order valence-electron chi connectivity index (χ0n) is 12.3. The maximum Gasteiger partial charge on any atom is 0.274 e. The summed E-state index contributed by atoms with van der Waals surface area (Å²) in [6.07, 6.45) is 1.61. The Labute approximate surface area is 148 Å². The van der Waals surface area contributed by atoms with Gasteiger partial charge in [0.1, 0.15) is 5.69 Å². The summed E-state index contributed by atoms with van der Waals surface area (Å²) in [5.41, 5.74) is 2.97. The summed E-state index contributed by atoms with van der Waals surface area (Å²) in [4.78, 5) is 17.0. The number of nitrogens with one attached hydrogen (secondary N) is 1. The number of hydrogen-bond donors (Lipinski definition) is 1. The number of aromatic nitrogens is 2. The van der Waals surface area contributed by atoms with Crippen LogP contribution in [0, 0.1) is 13.8 Å². The van der Waals surface area contributed by atoms with E-state index >= 15 is 0 Å². The van der Waals surface area contributed by atoms with Gasteiger partial charge in [0.25, 0.3) is 5.91 Å². The fourth-order valence-electron chi connectivity index (χ4n) is 2.32. The standard InChI is InChI=1S/C16H12Cl3N3O/c1-8-3-4-11(6-12(8)18)21-16(23)14-9(2)20-15-13(19)5-10(17)7-22(14)15/h3-7H,1-2H3,(H,21,23). The molecule has 0 saturated carbocycles. The molecule has 0 spiro atoms. The minimum Gasteiger partial charge on any atom is -0.321 e. The molecule has 23 heavy (non-hydrogen) atoms. The molecule has 1 aromatic carbocycles. The van der Waals surface area contributed by atoms with Crippen LogP contribution in [0.2, 0.25) is 15.1 Å². The Morgan fingerprint density at radius 2 is 1.87 bits per heavy atom. The van der Waals surface area contributed by atoms with E-state index in [0.717, 1.165) is 5.56 Å². The van der Waals surface area contributed by atoms with Crippen LogP contribution in [0.1, 0.15) is 21.7 Å². The number of carbonyl (C=O) groups is 1. The Balaban J connectivity index is 2.04. The first-order valence-corrected chi connectivity index (χ1v) is 7.91. The number of carbonyl (C=O) groups excluding carboxylic acids is 1. The lowest BCUT2D eigenvalue weighted by atomic mass is 10.2. The molecule has 0 radical (unpaired) electrons. The number of hydrogen-bond acceptors (Lipinski definition) is 2. The van der Waals surface area contributed by atoms with Crippen molar-refractivity contribution in [3.05, 3.63) is 62.5 Å². The monoisotopic (exact) mass is 367 g/mol. The van der Waals surface area contributed by atoms with E-state index in [0.29, 0.717) is 37.8 Å². The van der Waals surface area contributed by atoms with Crippen LogP contribution in [-0.4, -0.2) is 15.3 Å². The number of benzene rings is 1. The van der Waals surface area contributed by atoms with Gasteiger partial charge in [0.2, 0.25) is 0 Å². The average molecular weight is 369 g/mol. The molecule has 2 heterocycles. The van der Waals surface area contributed by atoms with Gasteiger partial charge in [0.15, 0.2) is 5.65 Å². The third kappa shape index (κ3) is 3.02. The summed E-state index contributed by atoms with van der Waals surface area (Å²) in [5, 5.41) is 4.21. The topological polar surface area (TPSA) is 46.4 Å². The Morgan fingerprint density at radius 1 is 1.13 bits per heavy atom. The normalized spacial score (nSPS) is 11.0. The molecule has 0 atom stereocenters. The zero-order valence-corrected chi connectivity index (χ0v) is 14.6. The van der Waals surface area contributed by atoms with Crippen LogP contribution < -0.4 is 5.32 Å². The first-order chi connectivity index (χ1) is 10.9. The lowest BCUT2D eigenvalue weighted by molar-refractivity contribution is 0.102. The molecular weight excluding hydrogens is 357 g/mol. The molecule has 118 valence electrons. The highest BCUT2D eigenvalue weighted by atomic mass is 35.5. The minimum absolute atomic E-state index is 0.312. The van der Waals surface area contributed by atoms with Crippen LogP contribution in [0.3, 0.4) is 0 Å². The Morgan fingerprint density at radius 3 is 2.57 bits per heavy atom. The molecule has 3 rings (SSSR count). The van der Waals surface area contributed by atoms with Gasteiger partial charge in [-0.3, -0.25) is 9.20 Å². The second-order valence-electron chi connectivity index (χ2n) is 5.16. The van der Waals surface area contributed by atoms with Gasteiger partial charge in [-0.15, -0.1) is 0 Å². The quantitative estimate of drug-likeness (QED) is 0.679. The first-order valence-electron chi connectivity index (χ1n) is 6.78. The number of imidazole rings is 1. The summed E-state index contributed by atoms with van der Waals surface area (Å²) < 4.78 is 1.59. The number of fused-ring (bicyclic) bond motifs is 1. The highest BCUT2D eigenvalue weighted by Crippen LogP contribution is 2.25. The largest absolute Gasteiger partial charge is 0.321 e. The summed E-state index contributed by atoms with van der Waals surface area (Å²) in [5.74, 6) is -0.312. The lowest BCUT2D eigenvalue weighted by Crippen LogP contribution is -2.15. The van der Waals surface area contributed by atoms with Crippen LogP contribution >= 0.6 is 34.8 Å². The van der Waals surface area contributed by atoms with Crippen molar-refractivity contribution in [3.63, 3.8) is 0 Å². The molecule has 1 N–H and O–H groups in total. The number of aryl methyl sites for hydroxylation is 2. The Kier molecular flexibility index (Phi) is 4.23. The van der Waals surface area contributed by atoms with Crippen LogP contribution in [0.4, 0.5) is 5.69 Å². The number of nitrogens with zero attached hydrogens (tertiary/aromatic N) is 2. The molecule has 4 nitrogen and oxygen atoms in total. The maximum atomic E-state index is 12.6. The molecule has 0 saturated heterocycles. The molecular formula is C16H12Cl3N3O. The van der Waals surface area contributed by atoms with Gasteiger partial charge in [-0.25, -0.2) is 4.98 Å². The van der Waals surface area contributed by atoms with E-state index in [1.165, 1.54) is 0 Å². The van der Waals surface area contributed by atoms with E-state index in [4.69, 9.17) is 34.8 Å². The van der Waals surface area contributed by atoms with E-state index < -0.39 is 0 Å². The van der Waals surface area contributed by atoms with Crippen molar-refractivity contribution < 1.29 is 4.79 Å². The third-order valence-electron chi connectivity index (χ3n) is 3.46.